The molecule has 0 amide bonds. The van der Waals surface area contributed by atoms with Crippen LogP contribution in [-0.4, -0.2) is 26.0 Å². The first-order chi connectivity index (χ1) is 18.0. The molecular weight excluding hydrogens is 512 g/mol. The fourth-order valence-electron chi connectivity index (χ4n) is 3.44. The number of furan rings is 1. The van der Waals surface area contributed by atoms with Crippen LogP contribution >= 0.6 is 0 Å². The lowest BCUT2D eigenvalue weighted by Gasteiger charge is -2.13. The number of nitrogens with zero attached hydrogens (tertiary/aromatic N) is 3. The van der Waals surface area contributed by atoms with E-state index in [0.29, 0.717) is 6.07 Å². The summed E-state index contributed by atoms with van der Waals surface area (Å²) < 4.78 is 58.0. The largest absolute Gasteiger partial charge is 0.477 e. The van der Waals surface area contributed by atoms with Crippen LogP contribution in [0.4, 0.5) is 29.1 Å². The van der Waals surface area contributed by atoms with E-state index in [0.717, 1.165) is 30.0 Å². The van der Waals surface area contributed by atoms with Gasteiger partial charge in [-0.2, -0.15) is 17.6 Å². The SMILES string of the molecule is O=C(O)/C(=C/c1ccc(C(F)(F)F)o1)Nc1ncc(-c2cccc([N+](=O)[O-])c2F)nc1Cc1ccccc1. The van der Waals surface area contributed by atoms with Gasteiger partial charge in [0.15, 0.2) is 5.82 Å². The van der Waals surface area contributed by atoms with Crippen LogP contribution in [0.15, 0.2) is 77.0 Å². The molecule has 13 heteroatoms. The highest BCUT2D eigenvalue weighted by molar-refractivity contribution is 5.95. The van der Waals surface area contributed by atoms with Crippen LogP contribution in [-0.2, 0) is 17.4 Å². The number of nitro benzene ring substituents is 1. The van der Waals surface area contributed by atoms with Gasteiger partial charge >= 0.3 is 17.8 Å². The molecule has 0 aliphatic rings. The van der Waals surface area contributed by atoms with Crippen molar-refractivity contribution in [3.05, 3.63) is 111 Å². The van der Waals surface area contributed by atoms with Crippen molar-refractivity contribution in [3.8, 4) is 11.3 Å². The van der Waals surface area contributed by atoms with E-state index in [9.17, 15) is 37.6 Å². The number of alkyl halides is 3. The number of aliphatic carboxylic acids is 1. The standard InChI is InChI=1S/C25H16F4N4O5/c26-22-16(7-4-8-20(22)33(36)37)19-13-30-23(17(31-19)11-14-5-2-1-3-6-14)32-18(24(34)35)12-15-9-10-21(38-15)25(27,28)29/h1-10,12-13H,11H2,(H,30,32)(H,34,35)/b18-12-. The lowest BCUT2D eigenvalue weighted by atomic mass is 10.1. The minimum Gasteiger partial charge on any atom is -0.477 e. The molecule has 4 rings (SSSR count). The third-order valence-electron chi connectivity index (χ3n) is 5.19. The van der Waals surface area contributed by atoms with Gasteiger partial charge < -0.3 is 14.8 Å². The second-order valence-electron chi connectivity index (χ2n) is 7.80. The highest BCUT2D eigenvalue weighted by Gasteiger charge is 2.34. The molecule has 2 aromatic carbocycles. The summed E-state index contributed by atoms with van der Waals surface area (Å²) in [6.45, 7) is 0. The molecule has 0 atom stereocenters. The van der Waals surface area contributed by atoms with Gasteiger partial charge in [0.1, 0.15) is 11.5 Å². The summed E-state index contributed by atoms with van der Waals surface area (Å²) in [6.07, 6.45) is -2.73. The van der Waals surface area contributed by atoms with Crippen molar-refractivity contribution in [1.29, 1.82) is 0 Å². The van der Waals surface area contributed by atoms with Gasteiger partial charge in [0.2, 0.25) is 11.6 Å². The molecule has 0 aliphatic carbocycles. The van der Waals surface area contributed by atoms with Crippen molar-refractivity contribution in [2.75, 3.05) is 5.32 Å². The number of anilines is 1. The van der Waals surface area contributed by atoms with Crippen LogP contribution in [0.25, 0.3) is 17.3 Å². The Labute approximate surface area is 211 Å². The first kappa shape index (κ1) is 26.0. The van der Waals surface area contributed by atoms with Gasteiger partial charge in [0, 0.05) is 24.1 Å². The van der Waals surface area contributed by atoms with Gasteiger partial charge in [-0.1, -0.05) is 36.4 Å². The number of carboxylic acids is 1. The normalized spacial score (nSPS) is 11.8. The highest BCUT2D eigenvalue weighted by atomic mass is 19.4. The molecule has 0 saturated heterocycles. The Morgan fingerprint density at radius 1 is 1.11 bits per heavy atom. The van der Waals surface area contributed by atoms with Gasteiger partial charge in [0.25, 0.3) is 0 Å². The molecule has 9 nitrogen and oxygen atoms in total. The van der Waals surface area contributed by atoms with Crippen molar-refractivity contribution >= 4 is 23.6 Å². The maximum Gasteiger partial charge on any atom is 0.449 e. The van der Waals surface area contributed by atoms with Gasteiger partial charge in [-0.3, -0.25) is 10.1 Å². The lowest BCUT2D eigenvalue weighted by Crippen LogP contribution is -2.14. The lowest BCUT2D eigenvalue weighted by molar-refractivity contribution is -0.387. The van der Waals surface area contributed by atoms with Crippen molar-refractivity contribution in [3.63, 3.8) is 0 Å². The Bertz CT molecular complexity index is 1530. The predicted octanol–water partition coefficient (Wildman–Crippen LogP) is 5.93. The zero-order chi connectivity index (χ0) is 27.4. The molecule has 2 N–H and O–H groups in total. The maximum atomic E-state index is 14.8. The van der Waals surface area contributed by atoms with E-state index in [1.807, 2.05) is 0 Å². The Morgan fingerprint density at radius 3 is 2.47 bits per heavy atom. The third-order valence-corrected chi connectivity index (χ3v) is 5.19. The van der Waals surface area contributed by atoms with E-state index in [4.69, 9.17) is 0 Å². The average molecular weight is 528 g/mol. The van der Waals surface area contributed by atoms with Crippen LogP contribution < -0.4 is 5.32 Å². The minimum atomic E-state index is -4.76. The van der Waals surface area contributed by atoms with Crippen molar-refractivity contribution in [2.45, 2.75) is 12.6 Å². The van der Waals surface area contributed by atoms with E-state index in [2.05, 4.69) is 19.7 Å². The number of nitrogens with one attached hydrogen (secondary N) is 1. The quantitative estimate of drug-likeness (QED) is 0.125. The smallest absolute Gasteiger partial charge is 0.449 e. The fraction of sp³-hybridized carbons (Fsp3) is 0.0800. The van der Waals surface area contributed by atoms with E-state index in [-0.39, 0.29) is 35.0 Å². The zero-order valence-corrected chi connectivity index (χ0v) is 19.1. The maximum absolute atomic E-state index is 14.8. The van der Waals surface area contributed by atoms with Crippen molar-refractivity contribution < 1.29 is 36.8 Å². The number of hydrogen-bond donors (Lipinski definition) is 2. The molecule has 0 unspecified atom stereocenters. The number of carboxylic acid groups (broad SMARTS) is 1. The fourth-order valence-corrected chi connectivity index (χ4v) is 3.44. The average Bonchev–Trinajstić information content (AvgIpc) is 3.34. The summed E-state index contributed by atoms with van der Waals surface area (Å²) in [5, 5.41) is 23.3. The number of carbonyl (C=O) groups is 1. The molecule has 0 fully saturated rings. The second-order valence-corrected chi connectivity index (χ2v) is 7.80. The molecule has 2 aromatic heterocycles. The van der Waals surface area contributed by atoms with E-state index in [1.54, 1.807) is 30.3 Å². The van der Waals surface area contributed by atoms with Crippen LogP contribution in [0.3, 0.4) is 0 Å². The second kappa shape index (κ2) is 10.5. The summed E-state index contributed by atoms with van der Waals surface area (Å²) in [5.41, 5.74) is -0.721. The van der Waals surface area contributed by atoms with Crippen LogP contribution in [0.5, 0.6) is 0 Å². The molecule has 0 radical (unpaired) electrons. The Kier molecular flexibility index (Phi) is 7.19. The van der Waals surface area contributed by atoms with E-state index in [1.165, 1.54) is 12.1 Å². The van der Waals surface area contributed by atoms with Gasteiger partial charge in [-0.15, -0.1) is 0 Å². The number of hydrogen-bond acceptors (Lipinski definition) is 7. The Balaban J connectivity index is 1.76. The van der Waals surface area contributed by atoms with Crippen LogP contribution in [0.1, 0.15) is 22.8 Å². The topological polar surface area (TPSA) is 131 Å². The first-order valence-corrected chi connectivity index (χ1v) is 10.7. The summed E-state index contributed by atoms with van der Waals surface area (Å²) in [6, 6.07) is 13.9. The van der Waals surface area contributed by atoms with Crippen LogP contribution in [0.2, 0.25) is 0 Å². The molecule has 0 saturated carbocycles. The van der Waals surface area contributed by atoms with E-state index >= 15 is 0 Å². The monoisotopic (exact) mass is 528 g/mol. The van der Waals surface area contributed by atoms with Gasteiger partial charge in [0.05, 0.1) is 22.5 Å². The number of benzene rings is 2. The number of nitro groups is 1. The summed E-state index contributed by atoms with van der Waals surface area (Å²) >= 11 is 0. The zero-order valence-electron chi connectivity index (χ0n) is 19.1. The number of halogens is 4. The number of aromatic nitrogens is 2. The predicted molar refractivity (Wildman–Crippen MR) is 126 cm³/mol. The summed E-state index contributed by atoms with van der Waals surface area (Å²) in [7, 11) is 0. The molecule has 0 aliphatic heterocycles. The van der Waals surface area contributed by atoms with Gasteiger partial charge in [-0.05, 0) is 23.8 Å². The van der Waals surface area contributed by atoms with E-state index < -0.39 is 40.0 Å². The minimum absolute atomic E-state index is 0.0515. The highest BCUT2D eigenvalue weighted by Crippen LogP contribution is 2.32. The molecule has 0 spiro atoms. The summed E-state index contributed by atoms with van der Waals surface area (Å²) in [5.74, 6) is -4.42. The van der Waals surface area contributed by atoms with Gasteiger partial charge in [-0.25, -0.2) is 14.8 Å². The Hall–Kier alpha value is -5.07. The first-order valence-electron chi connectivity index (χ1n) is 10.7. The molecule has 194 valence electrons. The Morgan fingerprint density at radius 2 is 1.84 bits per heavy atom. The molecule has 0 bridgehead atoms. The molecule has 2 heterocycles. The molecule has 38 heavy (non-hydrogen) atoms. The van der Waals surface area contributed by atoms with Crippen molar-refractivity contribution in [2.24, 2.45) is 0 Å². The summed E-state index contributed by atoms with van der Waals surface area (Å²) in [4.78, 5) is 30.7. The van der Waals surface area contributed by atoms with Crippen LogP contribution in [0, 0.1) is 15.9 Å². The molecular formula is C25H16F4N4O5. The third kappa shape index (κ3) is 5.83. The molecule has 4 aromatic rings. The van der Waals surface area contributed by atoms with Crippen molar-refractivity contribution in [1.82, 2.24) is 9.97 Å². The number of rotatable bonds is 8.